The maximum atomic E-state index is 12.5. The number of hydrogen-bond acceptors (Lipinski definition) is 6. The number of esters is 2. The molecule has 2 aliphatic carbocycles. The third-order valence-electron chi connectivity index (χ3n) is 7.24. The number of carbonyl (C=O) groups is 2. The molecule has 0 amide bonds. The Hall–Kier alpha value is -1.14. The molecule has 8 atom stereocenters. The van der Waals surface area contributed by atoms with Gasteiger partial charge in [-0.05, 0) is 61.2 Å². The maximum Gasteiger partial charge on any atom is 0.338 e. The number of hydrogen-bond donors (Lipinski definition) is 2. The smallest absolute Gasteiger partial charge is 0.338 e. The monoisotopic (exact) mass is 426 g/mol. The van der Waals surface area contributed by atoms with Crippen molar-refractivity contribution in [3.8, 4) is 0 Å². The van der Waals surface area contributed by atoms with Crippen LogP contribution in [-0.2, 0) is 19.1 Å². The highest BCUT2D eigenvalue weighted by atomic mass is 16.6. The molecular formula is C24H42O6. The van der Waals surface area contributed by atoms with Crippen molar-refractivity contribution < 1.29 is 29.3 Å². The molecule has 6 nitrogen and oxygen atoms in total. The first-order valence-corrected chi connectivity index (χ1v) is 11.8. The second-order valence-corrected chi connectivity index (χ2v) is 10.5. The number of rotatable bonds is 7. The zero-order valence-corrected chi connectivity index (χ0v) is 19.5. The number of ether oxygens (including phenoxy) is 2. The van der Waals surface area contributed by atoms with Gasteiger partial charge in [0, 0.05) is 0 Å². The molecule has 0 unspecified atom stereocenters. The van der Waals surface area contributed by atoms with Crippen molar-refractivity contribution in [2.45, 2.75) is 104 Å². The first kappa shape index (κ1) is 25.1. The zero-order valence-electron chi connectivity index (χ0n) is 19.5. The van der Waals surface area contributed by atoms with Crippen LogP contribution in [-0.4, -0.2) is 46.6 Å². The van der Waals surface area contributed by atoms with E-state index in [-0.39, 0.29) is 24.0 Å². The minimum Gasteiger partial charge on any atom is -0.460 e. The van der Waals surface area contributed by atoms with Crippen LogP contribution in [0.25, 0.3) is 0 Å². The van der Waals surface area contributed by atoms with Gasteiger partial charge < -0.3 is 19.7 Å². The molecule has 0 aromatic rings. The standard InChI is InChI=1S/C24H42O6/c1-13(2)17-9-7-15(5)11-19(17)29-23(27)21(25)22(26)24(28)30-20-12-16(6)8-10-18(20)14(3)4/h13-22,25-26H,7-12H2,1-6H3/t15-,16-,17+,18+,19+,20+,21-,22+/m1/s1. The topological polar surface area (TPSA) is 93.1 Å². The third-order valence-corrected chi connectivity index (χ3v) is 7.24. The van der Waals surface area contributed by atoms with Gasteiger partial charge in [0.2, 0.25) is 0 Å². The molecule has 2 aliphatic rings. The van der Waals surface area contributed by atoms with Gasteiger partial charge in [0.25, 0.3) is 0 Å². The van der Waals surface area contributed by atoms with Gasteiger partial charge in [0.15, 0.2) is 12.2 Å². The first-order chi connectivity index (χ1) is 14.0. The van der Waals surface area contributed by atoms with Crippen LogP contribution in [0, 0.1) is 35.5 Å². The van der Waals surface area contributed by atoms with Crippen molar-refractivity contribution in [2.75, 3.05) is 0 Å². The number of aliphatic hydroxyl groups is 2. The van der Waals surface area contributed by atoms with Crippen LogP contribution >= 0.6 is 0 Å². The van der Waals surface area contributed by atoms with Crippen molar-refractivity contribution in [2.24, 2.45) is 35.5 Å². The fourth-order valence-electron chi connectivity index (χ4n) is 5.20. The Bertz CT molecular complexity index is 524. The third kappa shape index (κ3) is 6.43. The summed E-state index contributed by atoms with van der Waals surface area (Å²) in [6.07, 6.45) is 1.11. The largest absolute Gasteiger partial charge is 0.460 e. The van der Waals surface area contributed by atoms with Crippen LogP contribution in [0.2, 0.25) is 0 Å². The fraction of sp³-hybridized carbons (Fsp3) is 0.917. The summed E-state index contributed by atoms with van der Waals surface area (Å²) in [7, 11) is 0. The van der Waals surface area contributed by atoms with Crippen molar-refractivity contribution in [1.29, 1.82) is 0 Å². The quantitative estimate of drug-likeness (QED) is 0.603. The van der Waals surface area contributed by atoms with Crippen LogP contribution < -0.4 is 0 Å². The van der Waals surface area contributed by atoms with Crippen LogP contribution in [0.15, 0.2) is 0 Å². The molecule has 0 aromatic carbocycles. The minimum absolute atomic E-state index is 0.219. The van der Waals surface area contributed by atoms with E-state index in [1.165, 1.54) is 0 Å². The molecule has 2 saturated carbocycles. The summed E-state index contributed by atoms with van der Waals surface area (Å²) >= 11 is 0. The van der Waals surface area contributed by atoms with E-state index < -0.39 is 24.1 Å². The molecule has 0 bridgehead atoms. The van der Waals surface area contributed by atoms with Crippen molar-refractivity contribution in [3.63, 3.8) is 0 Å². The molecule has 30 heavy (non-hydrogen) atoms. The lowest BCUT2D eigenvalue weighted by atomic mass is 9.75. The molecule has 6 heteroatoms. The van der Waals surface area contributed by atoms with Gasteiger partial charge in [-0.15, -0.1) is 0 Å². The van der Waals surface area contributed by atoms with E-state index in [2.05, 4.69) is 41.5 Å². The molecule has 0 aromatic heterocycles. The summed E-state index contributed by atoms with van der Waals surface area (Å²) in [5.41, 5.74) is 0. The van der Waals surface area contributed by atoms with Crippen molar-refractivity contribution in [3.05, 3.63) is 0 Å². The highest BCUT2D eigenvalue weighted by Gasteiger charge is 2.40. The summed E-state index contributed by atoms with van der Waals surface area (Å²) < 4.78 is 11.2. The molecule has 2 N–H and O–H groups in total. The van der Waals surface area contributed by atoms with E-state index in [4.69, 9.17) is 9.47 Å². The Kier molecular flexibility index (Phi) is 9.16. The van der Waals surface area contributed by atoms with Crippen LogP contribution in [0.3, 0.4) is 0 Å². The lowest BCUT2D eigenvalue weighted by Crippen LogP contribution is -2.47. The molecule has 174 valence electrons. The first-order valence-electron chi connectivity index (χ1n) is 11.8. The van der Waals surface area contributed by atoms with E-state index >= 15 is 0 Å². The summed E-state index contributed by atoms with van der Waals surface area (Å²) in [6.45, 7) is 12.6. The molecule has 0 spiro atoms. The number of aliphatic hydroxyl groups excluding tert-OH is 2. The Morgan fingerprint density at radius 3 is 1.33 bits per heavy atom. The minimum atomic E-state index is -1.93. The Morgan fingerprint density at radius 1 is 0.700 bits per heavy atom. The molecule has 0 saturated heterocycles. The Morgan fingerprint density at radius 2 is 1.03 bits per heavy atom. The Labute approximate surface area is 181 Å². The van der Waals surface area contributed by atoms with E-state index in [0.29, 0.717) is 23.7 Å². The van der Waals surface area contributed by atoms with E-state index in [9.17, 15) is 19.8 Å². The normalized spacial score (nSPS) is 34.5. The molecular weight excluding hydrogens is 384 g/mol. The SMILES string of the molecule is CC(C)[C@@H]1CC[C@@H](C)C[C@@H]1OC(=O)[C@@H](O)[C@@H](O)C(=O)O[C@H]1C[C@H](C)CC[C@H]1C(C)C. The van der Waals surface area contributed by atoms with E-state index in [1.54, 1.807) is 0 Å². The van der Waals surface area contributed by atoms with Crippen molar-refractivity contribution in [1.82, 2.24) is 0 Å². The summed E-state index contributed by atoms with van der Waals surface area (Å²) in [5, 5.41) is 20.6. The average Bonchev–Trinajstić information content (AvgIpc) is 2.66. The second-order valence-electron chi connectivity index (χ2n) is 10.5. The van der Waals surface area contributed by atoms with E-state index in [1.807, 2.05) is 0 Å². The average molecular weight is 427 g/mol. The van der Waals surface area contributed by atoms with Gasteiger partial charge in [0.05, 0.1) is 0 Å². The fourth-order valence-corrected chi connectivity index (χ4v) is 5.20. The predicted octanol–water partition coefficient (Wildman–Crippen LogP) is 3.72. The van der Waals surface area contributed by atoms with Gasteiger partial charge in [-0.1, -0.05) is 54.4 Å². The second kappa shape index (κ2) is 10.9. The molecule has 0 heterocycles. The number of carbonyl (C=O) groups excluding carboxylic acids is 2. The molecule has 2 fully saturated rings. The molecule has 0 aliphatic heterocycles. The predicted molar refractivity (Wildman–Crippen MR) is 114 cm³/mol. The lowest BCUT2D eigenvalue weighted by Gasteiger charge is -2.38. The highest BCUT2D eigenvalue weighted by Crippen LogP contribution is 2.37. The van der Waals surface area contributed by atoms with Gasteiger partial charge in [0.1, 0.15) is 12.2 Å². The van der Waals surface area contributed by atoms with Gasteiger partial charge in [-0.25, -0.2) is 9.59 Å². The van der Waals surface area contributed by atoms with Gasteiger partial charge >= 0.3 is 11.9 Å². The molecule has 2 rings (SSSR count). The zero-order chi connectivity index (χ0) is 22.6. The van der Waals surface area contributed by atoms with Crippen LogP contribution in [0.1, 0.15) is 80.1 Å². The van der Waals surface area contributed by atoms with E-state index in [0.717, 1.165) is 38.5 Å². The van der Waals surface area contributed by atoms with Crippen molar-refractivity contribution >= 4 is 11.9 Å². The van der Waals surface area contributed by atoms with Gasteiger partial charge in [-0.3, -0.25) is 0 Å². The lowest BCUT2D eigenvalue weighted by molar-refractivity contribution is -0.185. The van der Waals surface area contributed by atoms with Crippen LogP contribution in [0.5, 0.6) is 0 Å². The maximum absolute atomic E-state index is 12.5. The molecule has 0 radical (unpaired) electrons. The Balaban J connectivity index is 1.96. The van der Waals surface area contributed by atoms with Crippen LogP contribution in [0.4, 0.5) is 0 Å². The summed E-state index contributed by atoms with van der Waals surface area (Å²) in [5.74, 6) is 0.126. The summed E-state index contributed by atoms with van der Waals surface area (Å²) in [4.78, 5) is 25.0. The highest BCUT2D eigenvalue weighted by molar-refractivity contribution is 5.85. The summed E-state index contributed by atoms with van der Waals surface area (Å²) in [6, 6.07) is 0. The van der Waals surface area contributed by atoms with Gasteiger partial charge in [-0.2, -0.15) is 0 Å².